The van der Waals surface area contributed by atoms with Gasteiger partial charge in [0.25, 0.3) is 0 Å². The Kier molecular flexibility index (Phi) is 5.03. The Morgan fingerprint density at radius 1 is 1.36 bits per heavy atom. The van der Waals surface area contributed by atoms with E-state index in [2.05, 4.69) is 20.6 Å². The van der Waals surface area contributed by atoms with E-state index in [4.69, 9.17) is 4.74 Å². The molecule has 0 amide bonds. The number of anilines is 3. The number of ether oxygens (including phenoxy) is 1. The number of aryl methyl sites for hydroxylation is 1. The molecule has 8 nitrogen and oxygen atoms in total. The lowest BCUT2D eigenvalue weighted by Crippen LogP contribution is -2.20. The smallest absolute Gasteiger partial charge is 0.332 e. The number of nitro groups is 1. The second-order valence-electron chi connectivity index (χ2n) is 5.73. The molecule has 132 valence electrons. The van der Waals surface area contributed by atoms with E-state index in [0.717, 1.165) is 19.4 Å². The van der Waals surface area contributed by atoms with Crippen LogP contribution in [-0.4, -0.2) is 34.1 Å². The Morgan fingerprint density at radius 3 is 2.76 bits per heavy atom. The van der Waals surface area contributed by atoms with Gasteiger partial charge < -0.3 is 15.4 Å². The molecule has 0 spiro atoms. The van der Waals surface area contributed by atoms with E-state index < -0.39 is 10.7 Å². The fourth-order valence-electron chi connectivity index (χ4n) is 2.63. The largest absolute Gasteiger partial charge is 0.376 e. The van der Waals surface area contributed by atoms with E-state index in [1.807, 2.05) is 0 Å². The predicted molar refractivity (Wildman–Crippen MR) is 90.6 cm³/mol. The number of aromatic nitrogens is 2. The van der Waals surface area contributed by atoms with Crippen LogP contribution < -0.4 is 10.6 Å². The van der Waals surface area contributed by atoms with Crippen molar-refractivity contribution in [1.82, 2.24) is 9.97 Å². The zero-order valence-corrected chi connectivity index (χ0v) is 13.7. The highest BCUT2D eigenvalue weighted by molar-refractivity contribution is 5.68. The Hall–Kier alpha value is -2.81. The summed E-state index contributed by atoms with van der Waals surface area (Å²) in [5.41, 5.74) is 0.513. The van der Waals surface area contributed by atoms with E-state index in [-0.39, 0.29) is 29.3 Å². The third kappa shape index (κ3) is 4.18. The van der Waals surface area contributed by atoms with Crippen LogP contribution in [0.15, 0.2) is 24.3 Å². The summed E-state index contributed by atoms with van der Waals surface area (Å²) in [5.74, 6) is -0.0556. The maximum atomic E-state index is 13.0. The average molecular weight is 347 g/mol. The molecule has 3 rings (SSSR count). The van der Waals surface area contributed by atoms with E-state index in [1.54, 1.807) is 6.92 Å². The third-order valence-corrected chi connectivity index (χ3v) is 3.86. The molecule has 1 atom stereocenters. The highest BCUT2D eigenvalue weighted by Crippen LogP contribution is 2.29. The Balaban J connectivity index is 1.84. The summed E-state index contributed by atoms with van der Waals surface area (Å²) < 4.78 is 18.6. The first-order valence-electron chi connectivity index (χ1n) is 7.94. The van der Waals surface area contributed by atoms with Gasteiger partial charge in [-0.25, -0.2) is 9.37 Å². The van der Waals surface area contributed by atoms with Crippen molar-refractivity contribution < 1.29 is 14.1 Å². The predicted octanol–water partition coefficient (Wildman–Crippen LogP) is 3.17. The molecule has 1 aromatic heterocycles. The molecule has 0 bridgehead atoms. The standard InChI is InChI=1S/C16H18FN5O3/c1-10-14(22(23)24)15(20-12-6-4-11(17)5-7-12)21-16(19-10)18-9-13-3-2-8-25-13/h4-7,13H,2-3,8-9H2,1H3,(H2,18,19,20,21). The molecule has 0 radical (unpaired) electrons. The first kappa shape index (κ1) is 17.0. The number of halogens is 1. The van der Waals surface area contributed by atoms with Gasteiger partial charge >= 0.3 is 5.69 Å². The Labute approximate surface area is 143 Å². The highest BCUT2D eigenvalue weighted by atomic mass is 19.1. The molecule has 2 aromatic rings. The van der Waals surface area contributed by atoms with Crippen LogP contribution in [0.3, 0.4) is 0 Å². The number of hydrogen-bond donors (Lipinski definition) is 2. The lowest BCUT2D eigenvalue weighted by atomic mass is 10.2. The fourth-order valence-corrected chi connectivity index (χ4v) is 2.63. The first-order chi connectivity index (χ1) is 12.0. The molecule has 1 unspecified atom stereocenters. The van der Waals surface area contributed by atoms with Gasteiger partial charge in [-0.1, -0.05) is 0 Å². The van der Waals surface area contributed by atoms with E-state index in [1.165, 1.54) is 24.3 Å². The van der Waals surface area contributed by atoms with Gasteiger partial charge in [-0.3, -0.25) is 10.1 Å². The summed E-state index contributed by atoms with van der Waals surface area (Å²) in [6, 6.07) is 5.49. The highest BCUT2D eigenvalue weighted by Gasteiger charge is 2.23. The second-order valence-corrected chi connectivity index (χ2v) is 5.73. The lowest BCUT2D eigenvalue weighted by molar-refractivity contribution is -0.385. The Bertz CT molecular complexity index is 763. The van der Waals surface area contributed by atoms with E-state index in [0.29, 0.717) is 12.2 Å². The summed E-state index contributed by atoms with van der Waals surface area (Å²) >= 11 is 0. The van der Waals surface area contributed by atoms with Crippen molar-refractivity contribution >= 4 is 23.1 Å². The molecule has 0 saturated carbocycles. The molecular formula is C16H18FN5O3. The second kappa shape index (κ2) is 7.39. The molecule has 1 aliphatic heterocycles. The van der Waals surface area contributed by atoms with Crippen LogP contribution in [0, 0.1) is 22.9 Å². The van der Waals surface area contributed by atoms with Crippen molar-refractivity contribution in [3.63, 3.8) is 0 Å². The molecule has 2 N–H and O–H groups in total. The summed E-state index contributed by atoms with van der Waals surface area (Å²) in [6.07, 6.45) is 2.07. The first-order valence-corrected chi connectivity index (χ1v) is 7.94. The lowest BCUT2D eigenvalue weighted by Gasteiger charge is -2.13. The number of nitrogens with one attached hydrogen (secondary N) is 2. The maximum absolute atomic E-state index is 13.0. The zero-order chi connectivity index (χ0) is 17.8. The number of benzene rings is 1. The minimum Gasteiger partial charge on any atom is -0.376 e. The normalized spacial score (nSPS) is 16.6. The molecule has 1 fully saturated rings. The molecule has 0 aliphatic carbocycles. The van der Waals surface area contributed by atoms with Crippen LogP contribution in [0.5, 0.6) is 0 Å². The van der Waals surface area contributed by atoms with Crippen molar-refractivity contribution in [3.05, 3.63) is 45.9 Å². The molecule has 1 saturated heterocycles. The van der Waals surface area contributed by atoms with Crippen molar-refractivity contribution in [1.29, 1.82) is 0 Å². The van der Waals surface area contributed by atoms with E-state index in [9.17, 15) is 14.5 Å². The minimum atomic E-state index is -0.537. The molecule has 1 aromatic carbocycles. The van der Waals surface area contributed by atoms with Crippen LogP contribution >= 0.6 is 0 Å². The SMILES string of the molecule is Cc1nc(NCC2CCCO2)nc(Nc2ccc(F)cc2)c1[N+](=O)[O-]. The topological polar surface area (TPSA) is 102 Å². The molecular weight excluding hydrogens is 329 g/mol. The van der Waals surface area contributed by atoms with Gasteiger partial charge in [0, 0.05) is 18.8 Å². The van der Waals surface area contributed by atoms with Gasteiger partial charge in [-0.05, 0) is 44.0 Å². The van der Waals surface area contributed by atoms with Crippen LogP contribution in [0.2, 0.25) is 0 Å². The molecule has 9 heteroatoms. The number of rotatable bonds is 6. The summed E-state index contributed by atoms with van der Waals surface area (Å²) in [4.78, 5) is 19.2. The fraction of sp³-hybridized carbons (Fsp3) is 0.375. The number of hydrogen-bond acceptors (Lipinski definition) is 7. The minimum absolute atomic E-state index is 0.0546. The van der Waals surface area contributed by atoms with Gasteiger partial charge in [0.2, 0.25) is 11.8 Å². The van der Waals surface area contributed by atoms with Gasteiger partial charge in [0.05, 0.1) is 11.0 Å². The van der Waals surface area contributed by atoms with Gasteiger partial charge in [-0.15, -0.1) is 0 Å². The van der Waals surface area contributed by atoms with Crippen molar-refractivity contribution in [2.24, 2.45) is 0 Å². The van der Waals surface area contributed by atoms with Crippen LogP contribution in [-0.2, 0) is 4.74 Å². The number of nitrogens with zero attached hydrogens (tertiary/aromatic N) is 3. The zero-order valence-electron chi connectivity index (χ0n) is 13.7. The van der Waals surface area contributed by atoms with Crippen LogP contribution in [0.1, 0.15) is 18.5 Å². The van der Waals surface area contributed by atoms with Crippen molar-refractivity contribution in [2.75, 3.05) is 23.8 Å². The van der Waals surface area contributed by atoms with Crippen molar-refractivity contribution in [3.8, 4) is 0 Å². The van der Waals surface area contributed by atoms with E-state index >= 15 is 0 Å². The summed E-state index contributed by atoms with van der Waals surface area (Å²) in [5, 5.41) is 17.3. The molecule has 2 heterocycles. The monoisotopic (exact) mass is 347 g/mol. The van der Waals surface area contributed by atoms with Gasteiger partial charge in [0.1, 0.15) is 11.5 Å². The van der Waals surface area contributed by atoms with Crippen LogP contribution in [0.4, 0.5) is 27.5 Å². The quantitative estimate of drug-likeness (QED) is 0.611. The Morgan fingerprint density at radius 2 is 2.12 bits per heavy atom. The average Bonchev–Trinajstić information content (AvgIpc) is 3.08. The van der Waals surface area contributed by atoms with Crippen molar-refractivity contribution in [2.45, 2.75) is 25.9 Å². The van der Waals surface area contributed by atoms with Gasteiger partial charge in [0.15, 0.2) is 0 Å². The summed E-state index contributed by atoms with van der Waals surface area (Å²) in [6.45, 7) is 2.82. The summed E-state index contributed by atoms with van der Waals surface area (Å²) in [7, 11) is 0. The van der Waals surface area contributed by atoms with Crippen LogP contribution in [0.25, 0.3) is 0 Å². The third-order valence-electron chi connectivity index (χ3n) is 3.86. The molecule has 1 aliphatic rings. The molecule has 25 heavy (non-hydrogen) atoms. The van der Waals surface area contributed by atoms with Gasteiger partial charge in [-0.2, -0.15) is 4.98 Å². The maximum Gasteiger partial charge on any atom is 0.332 e.